The monoisotopic (exact) mass is 666 g/mol. The standard InChI is InChI=1S/C26H24BrIN2O4S/c1-5-33-23-17(11-18(27)13-19(23)28)12-20-24(31)30-22(16-9-7-14(3)8-10-16)21(25(32)34-6-2)15(4)29-26(30)35-20/h7-13,22H,5-6H2,1-4H3/b20-12-/t22-/m0/s1. The van der Waals surface area contributed by atoms with E-state index in [2.05, 4.69) is 43.5 Å². The molecule has 0 saturated heterocycles. The van der Waals surface area contributed by atoms with Gasteiger partial charge >= 0.3 is 5.97 Å². The van der Waals surface area contributed by atoms with Crippen molar-refractivity contribution in [2.24, 2.45) is 4.99 Å². The van der Waals surface area contributed by atoms with Crippen LogP contribution in [0.15, 0.2) is 61.9 Å². The van der Waals surface area contributed by atoms with Crippen LogP contribution in [-0.4, -0.2) is 23.8 Å². The Balaban J connectivity index is 1.97. The van der Waals surface area contributed by atoms with E-state index in [0.29, 0.717) is 27.2 Å². The quantitative estimate of drug-likeness (QED) is 0.278. The molecule has 2 heterocycles. The highest BCUT2D eigenvalue weighted by atomic mass is 127. The van der Waals surface area contributed by atoms with E-state index >= 15 is 0 Å². The number of hydrogen-bond donors (Lipinski definition) is 0. The highest BCUT2D eigenvalue weighted by molar-refractivity contribution is 14.1. The minimum Gasteiger partial charge on any atom is -0.492 e. The van der Waals surface area contributed by atoms with Crippen LogP contribution in [-0.2, 0) is 9.53 Å². The Bertz CT molecular complexity index is 1510. The Morgan fingerprint density at radius 1 is 1.20 bits per heavy atom. The molecule has 0 saturated carbocycles. The van der Waals surface area contributed by atoms with Crippen LogP contribution in [0.4, 0.5) is 0 Å². The summed E-state index contributed by atoms with van der Waals surface area (Å²) >= 11 is 7.06. The highest BCUT2D eigenvalue weighted by Crippen LogP contribution is 2.32. The van der Waals surface area contributed by atoms with Crippen molar-refractivity contribution in [1.82, 2.24) is 4.57 Å². The number of carbonyl (C=O) groups excluding carboxylic acids is 1. The predicted molar refractivity (Wildman–Crippen MR) is 150 cm³/mol. The number of nitrogens with zero attached hydrogens (tertiary/aromatic N) is 2. The summed E-state index contributed by atoms with van der Waals surface area (Å²) in [6.45, 7) is 8.22. The summed E-state index contributed by atoms with van der Waals surface area (Å²) in [7, 11) is 0. The van der Waals surface area contributed by atoms with Gasteiger partial charge < -0.3 is 9.47 Å². The van der Waals surface area contributed by atoms with Crippen molar-refractivity contribution < 1.29 is 14.3 Å². The first-order chi connectivity index (χ1) is 16.7. The third-order valence-electron chi connectivity index (χ3n) is 5.52. The van der Waals surface area contributed by atoms with Crippen LogP contribution in [0.25, 0.3) is 6.08 Å². The van der Waals surface area contributed by atoms with Crippen molar-refractivity contribution in [3.63, 3.8) is 0 Å². The minimum absolute atomic E-state index is 0.217. The molecule has 0 unspecified atom stereocenters. The average molecular weight is 667 g/mol. The number of carbonyl (C=O) groups is 1. The van der Waals surface area contributed by atoms with Gasteiger partial charge in [0.1, 0.15) is 5.75 Å². The fourth-order valence-corrected chi connectivity index (χ4v) is 6.72. The number of aromatic nitrogens is 1. The number of rotatable bonds is 6. The van der Waals surface area contributed by atoms with Crippen LogP contribution in [0.5, 0.6) is 5.75 Å². The molecule has 9 heteroatoms. The maximum Gasteiger partial charge on any atom is 0.338 e. The lowest BCUT2D eigenvalue weighted by atomic mass is 9.95. The first kappa shape index (κ1) is 25.8. The molecule has 1 aliphatic heterocycles. The zero-order valence-corrected chi connectivity index (χ0v) is 24.3. The summed E-state index contributed by atoms with van der Waals surface area (Å²) in [5.41, 5.74) is 3.42. The van der Waals surface area contributed by atoms with Crippen LogP contribution in [0.3, 0.4) is 0 Å². The molecule has 0 bridgehead atoms. The van der Waals surface area contributed by atoms with Gasteiger partial charge in [0, 0.05) is 10.0 Å². The number of thiazole rings is 1. The van der Waals surface area contributed by atoms with Crippen LogP contribution < -0.4 is 19.6 Å². The molecule has 3 aromatic rings. The fourth-order valence-electron chi connectivity index (χ4n) is 3.98. The predicted octanol–water partition coefficient (Wildman–Crippen LogP) is 4.87. The third kappa shape index (κ3) is 5.17. The van der Waals surface area contributed by atoms with Gasteiger partial charge in [-0.25, -0.2) is 9.79 Å². The van der Waals surface area contributed by atoms with Gasteiger partial charge in [0.05, 0.1) is 38.6 Å². The first-order valence-electron chi connectivity index (χ1n) is 11.1. The summed E-state index contributed by atoms with van der Waals surface area (Å²) in [4.78, 5) is 32.0. The summed E-state index contributed by atoms with van der Waals surface area (Å²) in [5, 5.41) is 0. The Morgan fingerprint density at radius 3 is 2.57 bits per heavy atom. The van der Waals surface area contributed by atoms with Gasteiger partial charge in [0.25, 0.3) is 5.56 Å². The van der Waals surface area contributed by atoms with Crippen molar-refractivity contribution in [3.05, 3.63) is 92.1 Å². The zero-order chi connectivity index (χ0) is 25.3. The molecule has 6 nitrogen and oxygen atoms in total. The smallest absolute Gasteiger partial charge is 0.338 e. The number of halogens is 2. The van der Waals surface area contributed by atoms with E-state index in [-0.39, 0.29) is 12.2 Å². The summed E-state index contributed by atoms with van der Waals surface area (Å²) < 4.78 is 15.2. The van der Waals surface area contributed by atoms with Gasteiger partial charge in [0.2, 0.25) is 0 Å². The van der Waals surface area contributed by atoms with Crippen LogP contribution in [0.1, 0.15) is 43.5 Å². The zero-order valence-electron chi connectivity index (χ0n) is 19.7. The van der Waals surface area contributed by atoms with Crippen molar-refractivity contribution in [1.29, 1.82) is 0 Å². The van der Waals surface area contributed by atoms with Crippen molar-refractivity contribution in [3.8, 4) is 5.75 Å². The maximum absolute atomic E-state index is 13.8. The fraction of sp³-hybridized carbons (Fsp3) is 0.269. The van der Waals surface area contributed by atoms with Gasteiger partial charge in [-0.3, -0.25) is 9.36 Å². The van der Waals surface area contributed by atoms with Gasteiger partial charge in [-0.1, -0.05) is 57.1 Å². The van der Waals surface area contributed by atoms with E-state index < -0.39 is 12.0 Å². The minimum atomic E-state index is -0.623. The normalized spacial score (nSPS) is 15.6. The molecule has 182 valence electrons. The van der Waals surface area contributed by atoms with E-state index in [4.69, 9.17) is 9.47 Å². The Hall–Kier alpha value is -2.24. The average Bonchev–Trinajstić information content (AvgIpc) is 3.10. The summed E-state index contributed by atoms with van der Waals surface area (Å²) in [5.74, 6) is 0.259. The Kier molecular flexibility index (Phi) is 7.97. The van der Waals surface area contributed by atoms with Crippen molar-refractivity contribution in [2.45, 2.75) is 33.7 Å². The molecule has 0 amide bonds. The molecule has 0 fully saturated rings. The first-order valence-corrected chi connectivity index (χ1v) is 13.8. The molecule has 1 aliphatic rings. The number of fused-ring (bicyclic) bond motifs is 1. The number of ether oxygens (including phenoxy) is 2. The van der Waals surface area contributed by atoms with Gasteiger partial charge in [-0.05, 0) is 74.1 Å². The second-order valence-electron chi connectivity index (χ2n) is 7.95. The van der Waals surface area contributed by atoms with Crippen molar-refractivity contribution in [2.75, 3.05) is 13.2 Å². The van der Waals surface area contributed by atoms with Gasteiger partial charge in [-0.2, -0.15) is 0 Å². The molecule has 4 rings (SSSR count). The van der Waals surface area contributed by atoms with E-state index in [1.54, 1.807) is 18.4 Å². The Labute approximate surface area is 229 Å². The maximum atomic E-state index is 13.8. The molecule has 0 spiro atoms. The molecule has 2 aromatic carbocycles. The number of benzene rings is 2. The van der Waals surface area contributed by atoms with Crippen LogP contribution >= 0.6 is 49.9 Å². The molecule has 35 heavy (non-hydrogen) atoms. The van der Waals surface area contributed by atoms with E-state index in [1.807, 2.05) is 56.3 Å². The SMILES string of the molecule is CCOC(=O)C1=C(C)N=c2s/c(=C\c3cc(Br)cc(I)c3OCC)c(=O)n2[C@H]1c1ccc(C)cc1. The highest BCUT2D eigenvalue weighted by Gasteiger charge is 2.33. The van der Waals surface area contributed by atoms with Gasteiger partial charge in [0.15, 0.2) is 4.80 Å². The summed E-state index contributed by atoms with van der Waals surface area (Å²) in [6, 6.07) is 11.1. The van der Waals surface area contributed by atoms with Gasteiger partial charge in [-0.15, -0.1) is 0 Å². The lowest BCUT2D eigenvalue weighted by Gasteiger charge is -2.24. The van der Waals surface area contributed by atoms with Crippen molar-refractivity contribution >= 4 is 61.9 Å². The molecular formula is C26H24BrIN2O4S. The topological polar surface area (TPSA) is 69.9 Å². The van der Waals surface area contributed by atoms with Crippen LogP contribution in [0, 0.1) is 10.5 Å². The second kappa shape index (κ2) is 10.8. The lowest BCUT2D eigenvalue weighted by molar-refractivity contribution is -0.139. The molecule has 0 aliphatic carbocycles. The molecular weight excluding hydrogens is 643 g/mol. The third-order valence-corrected chi connectivity index (χ3v) is 7.76. The largest absolute Gasteiger partial charge is 0.492 e. The van der Waals surface area contributed by atoms with Crippen LogP contribution in [0.2, 0.25) is 0 Å². The number of aryl methyl sites for hydroxylation is 1. The van der Waals surface area contributed by atoms with E-state index in [9.17, 15) is 9.59 Å². The molecule has 0 N–H and O–H groups in total. The molecule has 1 atom stereocenters. The Morgan fingerprint density at radius 2 is 1.91 bits per heavy atom. The number of allylic oxidation sites excluding steroid dienone is 1. The molecule has 1 aromatic heterocycles. The van der Waals surface area contributed by atoms with E-state index in [1.165, 1.54) is 11.3 Å². The second-order valence-corrected chi connectivity index (χ2v) is 11.0. The number of hydrogen-bond acceptors (Lipinski definition) is 6. The lowest BCUT2D eigenvalue weighted by Crippen LogP contribution is -2.39. The number of esters is 1. The van der Waals surface area contributed by atoms with E-state index in [0.717, 1.165) is 30.5 Å². The summed E-state index contributed by atoms with van der Waals surface area (Å²) in [6.07, 6.45) is 1.83. The molecule has 0 radical (unpaired) electrons.